The minimum absolute atomic E-state index is 0.222. The summed E-state index contributed by atoms with van der Waals surface area (Å²) in [5.74, 6) is -1.37. The summed E-state index contributed by atoms with van der Waals surface area (Å²) in [6.45, 7) is 1.95. The zero-order valence-electron chi connectivity index (χ0n) is 15.1. The highest BCUT2D eigenvalue weighted by Gasteiger charge is 2.78. The van der Waals surface area contributed by atoms with Gasteiger partial charge >= 0.3 is 5.97 Å². The molecule has 6 heteroatoms. The molecular weight excluding hydrogens is 346 g/mol. The van der Waals surface area contributed by atoms with Crippen LogP contribution in [0.2, 0.25) is 0 Å². The topological polar surface area (TPSA) is 84.9 Å². The van der Waals surface area contributed by atoms with Gasteiger partial charge in [-0.2, -0.15) is 0 Å². The summed E-state index contributed by atoms with van der Waals surface area (Å²) < 4.78 is 10.4. The summed E-state index contributed by atoms with van der Waals surface area (Å²) in [6, 6.07) is 14.3. The van der Waals surface area contributed by atoms with Crippen molar-refractivity contribution in [3.63, 3.8) is 0 Å². The van der Waals surface area contributed by atoms with E-state index in [1.54, 1.807) is 44.4 Å². The molecule has 4 atom stereocenters. The van der Waals surface area contributed by atoms with Crippen molar-refractivity contribution < 1.29 is 24.2 Å². The van der Waals surface area contributed by atoms with Crippen molar-refractivity contribution in [1.29, 1.82) is 0 Å². The Labute approximate surface area is 157 Å². The van der Waals surface area contributed by atoms with E-state index < -0.39 is 29.3 Å². The van der Waals surface area contributed by atoms with Crippen molar-refractivity contribution in [1.82, 2.24) is 0 Å². The first-order valence-electron chi connectivity index (χ1n) is 8.95. The van der Waals surface area contributed by atoms with Crippen molar-refractivity contribution in [3.8, 4) is 5.75 Å². The molecule has 27 heavy (non-hydrogen) atoms. The number of esters is 1. The minimum Gasteiger partial charge on any atom is -0.497 e. The maximum absolute atomic E-state index is 12.9. The Bertz CT molecular complexity index is 894. The molecule has 4 rings (SSSR count). The standard InChI is InChI=1S/C21H21NO5/c1-3-27-19(24)17-16(18(23)12-8-10-13(26-2)11-9-12)21(17)14-6-4-5-7-15(14)22-20(21)25/h4-11,16-18,23H,3H2,1-2H3,(H,22,25)/t16-,17-,18?,21?/m1/s1. The van der Waals surface area contributed by atoms with Gasteiger partial charge in [0.2, 0.25) is 5.91 Å². The second-order valence-corrected chi connectivity index (χ2v) is 6.84. The number of anilines is 1. The van der Waals surface area contributed by atoms with Crippen LogP contribution in [0.1, 0.15) is 24.2 Å². The molecule has 2 N–H and O–H groups in total. The summed E-state index contributed by atoms with van der Waals surface area (Å²) in [4.78, 5) is 25.6. The monoisotopic (exact) mass is 367 g/mol. The van der Waals surface area contributed by atoms with E-state index in [1.165, 1.54) is 0 Å². The zero-order valence-corrected chi connectivity index (χ0v) is 15.1. The fraction of sp³-hybridized carbons (Fsp3) is 0.333. The lowest BCUT2D eigenvalue weighted by atomic mass is 9.90. The molecule has 0 radical (unpaired) electrons. The summed E-state index contributed by atoms with van der Waals surface area (Å²) >= 11 is 0. The van der Waals surface area contributed by atoms with Crippen molar-refractivity contribution in [3.05, 3.63) is 59.7 Å². The van der Waals surface area contributed by atoms with E-state index in [2.05, 4.69) is 5.32 Å². The Hall–Kier alpha value is -2.86. The molecule has 1 amide bonds. The van der Waals surface area contributed by atoms with Crippen LogP contribution in [0, 0.1) is 11.8 Å². The Morgan fingerprint density at radius 2 is 1.93 bits per heavy atom. The van der Waals surface area contributed by atoms with Crippen LogP contribution >= 0.6 is 0 Å². The maximum Gasteiger partial charge on any atom is 0.310 e. The van der Waals surface area contributed by atoms with Gasteiger partial charge in [-0.1, -0.05) is 30.3 Å². The smallest absolute Gasteiger partial charge is 0.310 e. The van der Waals surface area contributed by atoms with Crippen LogP contribution in [0.4, 0.5) is 5.69 Å². The van der Waals surface area contributed by atoms with Crippen LogP contribution in [0.5, 0.6) is 5.75 Å². The summed E-state index contributed by atoms with van der Waals surface area (Å²) in [5, 5.41) is 13.9. The van der Waals surface area contributed by atoms with Gasteiger partial charge in [0.25, 0.3) is 0 Å². The molecule has 1 spiro atoms. The van der Waals surface area contributed by atoms with Crippen molar-refractivity contribution in [2.45, 2.75) is 18.4 Å². The number of aliphatic hydroxyl groups excluding tert-OH is 1. The van der Waals surface area contributed by atoms with E-state index in [0.717, 1.165) is 5.56 Å². The van der Waals surface area contributed by atoms with Crippen molar-refractivity contribution in [2.24, 2.45) is 11.8 Å². The first kappa shape index (κ1) is 17.5. The molecule has 140 valence electrons. The molecule has 1 aliphatic heterocycles. The van der Waals surface area contributed by atoms with Crippen LogP contribution in [0.3, 0.4) is 0 Å². The zero-order chi connectivity index (χ0) is 19.2. The number of hydrogen-bond donors (Lipinski definition) is 2. The second kappa shape index (κ2) is 6.39. The number of rotatable bonds is 5. The Kier molecular flexibility index (Phi) is 4.15. The molecule has 2 aliphatic rings. The molecule has 2 aromatic rings. The molecule has 1 fully saturated rings. The fourth-order valence-corrected chi connectivity index (χ4v) is 4.36. The highest BCUT2D eigenvalue weighted by molar-refractivity contribution is 6.13. The largest absolute Gasteiger partial charge is 0.497 e. The lowest BCUT2D eigenvalue weighted by molar-refractivity contribution is -0.146. The highest BCUT2D eigenvalue weighted by Crippen LogP contribution is 2.68. The van der Waals surface area contributed by atoms with Gasteiger partial charge in [0.05, 0.1) is 31.2 Å². The Morgan fingerprint density at radius 3 is 2.59 bits per heavy atom. The number of aliphatic hydroxyl groups is 1. The number of amides is 1. The van der Waals surface area contributed by atoms with E-state index in [-0.39, 0.29) is 12.5 Å². The molecule has 2 unspecified atom stereocenters. The van der Waals surface area contributed by atoms with Crippen LogP contribution in [-0.2, 0) is 19.7 Å². The average Bonchev–Trinajstić information content (AvgIpc) is 3.30. The predicted octanol–water partition coefficient (Wildman–Crippen LogP) is 2.43. The third kappa shape index (κ3) is 2.44. The number of carbonyl (C=O) groups is 2. The number of para-hydroxylation sites is 1. The average molecular weight is 367 g/mol. The van der Waals surface area contributed by atoms with Gasteiger partial charge in [-0.25, -0.2) is 0 Å². The first-order chi connectivity index (χ1) is 13.1. The van der Waals surface area contributed by atoms with Gasteiger partial charge in [-0.3, -0.25) is 9.59 Å². The summed E-state index contributed by atoms with van der Waals surface area (Å²) in [6.07, 6.45) is -0.984. The molecule has 0 aromatic heterocycles. The number of fused-ring (bicyclic) bond motifs is 2. The quantitative estimate of drug-likeness (QED) is 0.793. The molecule has 1 saturated carbocycles. The molecular formula is C21H21NO5. The number of hydrogen-bond acceptors (Lipinski definition) is 5. The van der Waals surface area contributed by atoms with E-state index >= 15 is 0 Å². The molecule has 1 aliphatic carbocycles. The molecule has 2 aromatic carbocycles. The van der Waals surface area contributed by atoms with Crippen LogP contribution in [0.25, 0.3) is 0 Å². The molecule has 1 heterocycles. The van der Waals surface area contributed by atoms with Crippen LogP contribution in [-0.4, -0.2) is 30.7 Å². The fourth-order valence-electron chi connectivity index (χ4n) is 4.36. The van der Waals surface area contributed by atoms with E-state index in [9.17, 15) is 14.7 Å². The number of ether oxygens (including phenoxy) is 2. The van der Waals surface area contributed by atoms with Gasteiger partial charge in [-0.05, 0) is 36.2 Å². The van der Waals surface area contributed by atoms with Gasteiger partial charge in [0, 0.05) is 11.6 Å². The predicted molar refractivity (Wildman–Crippen MR) is 98.3 cm³/mol. The normalized spacial score (nSPS) is 26.3. The molecule has 0 bridgehead atoms. The summed E-state index contributed by atoms with van der Waals surface area (Å²) in [7, 11) is 1.57. The Balaban J connectivity index is 1.76. The van der Waals surface area contributed by atoms with Gasteiger partial charge in [0.1, 0.15) is 5.75 Å². The van der Waals surface area contributed by atoms with Crippen molar-refractivity contribution in [2.75, 3.05) is 19.0 Å². The van der Waals surface area contributed by atoms with Gasteiger partial charge < -0.3 is 19.9 Å². The highest BCUT2D eigenvalue weighted by atomic mass is 16.5. The molecule has 0 saturated heterocycles. The minimum atomic E-state index is -1.10. The second-order valence-electron chi connectivity index (χ2n) is 6.84. The summed E-state index contributed by atoms with van der Waals surface area (Å²) in [5.41, 5.74) is 0.957. The van der Waals surface area contributed by atoms with E-state index in [0.29, 0.717) is 17.0 Å². The number of carbonyl (C=O) groups excluding carboxylic acids is 2. The number of nitrogens with one attached hydrogen (secondary N) is 1. The molecule has 6 nitrogen and oxygen atoms in total. The van der Waals surface area contributed by atoms with Gasteiger partial charge in [0.15, 0.2) is 0 Å². The van der Waals surface area contributed by atoms with Crippen LogP contribution < -0.4 is 10.1 Å². The maximum atomic E-state index is 12.9. The third-order valence-electron chi connectivity index (χ3n) is 5.60. The van der Waals surface area contributed by atoms with Crippen LogP contribution in [0.15, 0.2) is 48.5 Å². The van der Waals surface area contributed by atoms with Crippen molar-refractivity contribution >= 4 is 17.6 Å². The Morgan fingerprint density at radius 1 is 1.22 bits per heavy atom. The van der Waals surface area contributed by atoms with Gasteiger partial charge in [-0.15, -0.1) is 0 Å². The van der Waals surface area contributed by atoms with E-state index in [1.807, 2.05) is 18.2 Å². The van der Waals surface area contributed by atoms with E-state index in [4.69, 9.17) is 9.47 Å². The number of benzene rings is 2. The lowest BCUT2D eigenvalue weighted by Gasteiger charge is -2.14. The first-order valence-corrected chi connectivity index (χ1v) is 8.95. The third-order valence-corrected chi connectivity index (χ3v) is 5.60. The SMILES string of the molecule is CCOC(=O)[C@H]1[C@H](C(O)c2ccc(OC)cc2)C12C(=O)Nc1ccccc12. The lowest BCUT2D eigenvalue weighted by Crippen LogP contribution is -2.26. The number of methoxy groups -OCH3 is 1.